The van der Waals surface area contributed by atoms with Gasteiger partial charge in [-0.2, -0.15) is 0 Å². The van der Waals surface area contributed by atoms with Crippen LogP contribution in [0.2, 0.25) is 0 Å². The van der Waals surface area contributed by atoms with Crippen LogP contribution in [0.4, 0.5) is 0 Å². The zero-order valence-corrected chi connectivity index (χ0v) is 10.3. The van der Waals surface area contributed by atoms with Crippen LogP contribution in [-0.2, 0) is 11.3 Å². The SMILES string of the molecule is C[C@H](O)[C@H](C)SCC(=O)NCc1ccco1. The largest absolute Gasteiger partial charge is 0.467 e. The summed E-state index contributed by atoms with van der Waals surface area (Å²) in [7, 11) is 0. The van der Waals surface area contributed by atoms with Gasteiger partial charge in [0.2, 0.25) is 5.91 Å². The van der Waals surface area contributed by atoms with E-state index in [1.807, 2.05) is 13.0 Å². The first-order valence-electron chi connectivity index (χ1n) is 5.18. The molecular weight excluding hydrogens is 226 g/mol. The molecule has 0 spiro atoms. The van der Waals surface area contributed by atoms with Crippen molar-refractivity contribution < 1.29 is 14.3 Å². The zero-order chi connectivity index (χ0) is 12.0. The van der Waals surface area contributed by atoms with Crippen molar-refractivity contribution in [2.24, 2.45) is 0 Å². The van der Waals surface area contributed by atoms with Crippen LogP contribution in [0, 0.1) is 0 Å². The standard InChI is InChI=1S/C11H17NO3S/c1-8(13)9(2)16-7-11(14)12-6-10-4-3-5-15-10/h3-5,8-9,13H,6-7H2,1-2H3,(H,12,14)/t8-,9-/m0/s1. The van der Waals surface area contributed by atoms with Crippen molar-refractivity contribution in [3.8, 4) is 0 Å². The van der Waals surface area contributed by atoms with E-state index in [9.17, 15) is 9.90 Å². The van der Waals surface area contributed by atoms with Gasteiger partial charge in [-0.1, -0.05) is 6.92 Å². The third-order valence-corrected chi connectivity index (χ3v) is 3.55. The average Bonchev–Trinajstić information content (AvgIpc) is 2.75. The summed E-state index contributed by atoms with van der Waals surface area (Å²) in [6.07, 6.45) is 1.18. The van der Waals surface area contributed by atoms with Crippen LogP contribution in [-0.4, -0.2) is 28.1 Å². The molecule has 1 amide bonds. The summed E-state index contributed by atoms with van der Waals surface area (Å²) in [4.78, 5) is 11.4. The van der Waals surface area contributed by atoms with E-state index >= 15 is 0 Å². The Morgan fingerprint density at radius 3 is 2.94 bits per heavy atom. The Morgan fingerprint density at radius 1 is 1.62 bits per heavy atom. The third-order valence-electron chi connectivity index (χ3n) is 2.20. The number of hydrogen-bond acceptors (Lipinski definition) is 4. The summed E-state index contributed by atoms with van der Waals surface area (Å²) in [6.45, 7) is 4.03. The van der Waals surface area contributed by atoms with Crippen molar-refractivity contribution in [2.75, 3.05) is 5.75 Å². The molecule has 1 rings (SSSR count). The third kappa shape index (κ3) is 4.72. The predicted molar refractivity (Wildman–Crippen MR) is 64.2 cm³/mol. The maximum atomic E-state index is 11.4. The van der Waals surface area contributed by atoms with E-state index in [2.05, 4.69) is 5.32 Å². The summed E-state index contributed by atoms with van der Waals surface area (Å²) in [5, 5.41) is 12.1. The molecule has 16 heavy (non-hydrogen) atoms. The predicted octanol–water partition coefficient (Wildman–Crippen LogP) is 1.40. The first-order valence-corrected chi connectivity index (χ1v) is 6.23. The number of aliphatic hydroxyl groups excluding tert-OH is 1. The van der Waals surface area contributed by atoms with Crippen molar-refractivity contribution in [2.45, 2.75) is 31.7 Å². The van der Waals surface area contributed by atoms with E-state index in [1.54, 1.807) is 19.3 Å². The van der Waals surface area contributed by atoms with Crippen molar-refractivity contribution in [3.05, 3.63) is 24.2 Å². The number of nitrogens with one attached hydrogen (secondary N) is 1. The van der Waals surface area contributed by atoms with Gasteiger partial charge in [-0.3, -0.25) is 4.79 Å². The van der Waals surface area contributed by atoms with Crippen LogP contribution >= 0.6 is 11.8 Å². The summed E-state index contributed by atoms with van der Waals surface area (Å²) in [5.41, 5.74) is 0. The van der Waals surface area contributed by atoms with Gasteiger partial charge in [0.15, 0.2) is 0 Å². The summed E-state index contributed by atoms with van der Waals surface area (Å²) >= 11 is 1.44. The molecule has 0 aliphatic rings. The molecule has 0 saturated carbocycles. The molecule has 4 nitrogen and oxygen atoms in total. The first kappa shape index (κ1) is 13.1. The lowest BCUT2D eigenvalue weighted by Gasteiger charge is -2.13. The zero-order valence-electron chi connectivity index (χ0n) is 9.47. The van der Waals surface area contributed by atoms with Gasteiger partial charge in [0, 0.05) is 5.25 Å². The van der Waals surface area contributed by atoms with Gasteiger partial charge in [0.05, 0.1) is 24.7 Å². The van der Waals surface area contributed by atoms with Gasteiger partial charge >= 0.3 is 0 Å². The maximum Gasteiger partial charge on any atom is 0.230 e. The van der Waals surface area contributed by atoms with Gasteiger partial charge in [0.25, 0.3) is 0 Å². The van der Waals surface area contributed by atoms with E-state index in [0.717, 1.165) is 5.76 Å². The molecule has 0 radical (unpaired) electrons. The van der Waals surface area contributed by atoms with Crippen LogP contribution in [0.25, 0.3) is 0 Å². The molecule has 2 atom stereocenters. The van der Waals surface area contributed by atoms with Gasteiger partial charge in [-0.05, 0) is 19.1 Å². The molecule has 0 fully saturated rings. The second kappa shape index (κ2) is 6.60. The highest BCUT2D eigenvalue weighted by Crippen LogP contribution is 2.13. The Hall–Kier alpha value is -0.940. The molecule has 0 aliphatic heterocycles. The highest BCUT2D eigenvalue weighted by atomic mass is 32.2. The van der Waals surface area contributed by atoms with Gasteiger partial charge < -0.3 is 14.8 Å². The Balaban J connectivity index is 2.16. The average molecular weight is 243 g/mol. The number of thioether (sulfide) groups is 1. The Kier molecular flexibility index (Phi) is 5.42. The normalized spacial score (nSPS) is 14.4. The Morgan fingerprint density at radius 2 is 2.38 bits per heavy atom. The molecule has 0 bridgehead atoms. The molecule has 90 valence electrons. The number of carbonyl (C=O) groups excluding carboxylic acids is 1. The number of carbonyl (C=O) groups is 1. The highest BCUT2D eigenvalue weighted by Gasteiger charge is 2.11. The summed E-state index contributed by atoms with van der Waals surface area (Å²) in [5.74, 6) is 1.04. The van der Waals surface area contributed by atoms with Gasteiger partial charge in [-0.15, -0.1) is 11.8 Å². The van der Waals surface area contributed by atoms with Crippen LogP contribution in [0.3, 0.4) is 0 Å². The number of aliphatic hydroxyl groups is 1. The first-order chi connectivity index (χ1) is 7.59. The van der Waals surface area contributed by atoms with Crippen LogP contribution < -0.4 is 5.32 Å². The molecule has 0 aliphatic carbocycles. The van der Waals surface area contributed by atoms with E-state index in [-0.39, 0.29) is 11.2 Å². The minimum absolute atomic E-state index is 0.0473. The van der Waals surface area contributed by atoms with Crippen molar-refractivity contribution >= 4 is 17.7 Å². The molecule has 1 aromatic heterocycles. The molecule has 5 heteroatoms. The minimum atomic E-state index is -0.400. The number of furan rings is 1. The lowest BCUT2D eigenvalue weighted by atomic mass is 10.3. The smallest absolute Gasteiger partial charge is 0.230 e. The van der Waals surface area contributed by atoms with Crippen LogP contribution in [0.5, 0.6) is 0 Å². The lowest BCUT2D eigenvalue weighted by Crippen LogP contribution is -2.26. The fraction of sp³-hybridized carbons (Fsp3) is 0.545. The second-order valence-corrected chi connectivity index (χ2v) is 4.98. The van der Waals surface area contributed by atoms with Crippen molar-refractivity contribution in [3.63, 3.8) is 0 Å². The minimum Gasteiger partial charge on any atom is -0.467 e. The van der Waals surface area contributed by atoms with E-state index < -0.39 is 6.10 Å². The molecular formula is C11H17NO3S. The van der Waals surface area contributed by atoms with Crippen molar-refractivity contribution in [1.29, 1.82) is 0 Å². The van der Waals surface area contributed by atoms with Gasteiger partial charge in [-0.25, -0.2) is 0 Å². The molecule has 0 saturated heterocycles. The summed E-state index contributed by atoms with van der Waals surface area (Å²) < 4.78 is 5.09. The molecule has 0 unspecified atom stereocenters. The number of amides is 1. The Bertz CT molecular complexity index is 311. The monoisotopic (exact) mass is 243 g/mol. The fourth-order valence-electron chi connectivity index (χ4n) is 0.996. The molecule has 2 N–H and O–H groups in total. The molecule has 0 aromatic carbocycles. The maximum absolute atomic E-state index is 11.4. The number of hydrogen-bond donors (Lipinski definition) is 2. The molecule has 1 heterocycles. The van der Waals surface area contributed by atoms with Gasteiger partial charge in [0.1, 0.15) is 5.76 Å². The topological polar surface area (TPSA) is 62.5 Å². The quantitative estimate of drug-likeness (QED) is 0.792. The lowest BCUT2D eigenvalue weighted by molar-refractivity contribution is -0.118. The number of rotatable bonds is 6. The van der Waals surface area contributed by atoms with Crippen LogP contribution in [0.1, 0.15) is 19.6 Å². The summed E-state index contributed by atoms with van der Waals surface area (Å²) in [6, 6.07) is 3.59. The molecule has 1 aromatic rings. The van der Waals surface area contributed by atoms with Crippen LogP contribution in [0.15, 0.2) is 22.8 Å². The fourth-order valence-corrected chi connectivity index (χ4v) is 1.79. The van der Waals surface area contributed by atoms with E-state index in [4.69, 9.17) is 4.42 Å². The second-order valence-electron chi connectivity index (χ2n) is 3.61. The van der Waals surface area contributed by atoms with E-state index in [0.29, 0.717) is 12.3 Å². The van der Waals surface area contributed by atoms with Crippen molar-refractivity contribution in [1.82, 2.24) is 5.32 Å². The van der Waals surface area contributed by atoms with E-state index in [1.165, 1.54) is 11.8 Å². The highest BCUT2D eigenvalue weighted by molar-refractivity contribution is 8.00. The Labute approximate surface area is 99.4 Å².